The minimum absolute atomic E-state index is 0.727. The second kappa shape index (κ2) is 10.7. The third-order valence-corrected chi connectivity index (χ3v) is 7.45. The maximum atomic E-state index is 6.17. The zero-order valence-electron chi connectivity index (χ0n) is 20.4. The van der Waals surface area contributed by atoms with E-state index in [2.05, 4.69) is 53.3 Å². The molecule has 34 heavy (non-hydrogen) atoms. The van der Waals surface area contributed by atoms with E-state index < -0.39 is 0 Å². The van der Waals surface area contributed by atoms with Crippen LogP contribution in [0.15, 0.2) is 40.9 Å². The Morgan fingerprint density at radius 3 is 2.65 bits per heavy atom. The van der Waals surface area contributed by atoms with Crippen LogP contribution >= 0.6 is 11.6 Å². The molecule has 1 saturated heterocycles. The molecule has 0 bridgehead atoms. The van der Waals surface area contributed by atoms with Gasteiger partial charge in [0.25, 0.3) is 0 Å². The Balaban J connectivity index is 1.19. The van der Waals surface area contributed by atoms with Crippen molar-refractivity contribution in [1.82, 2.24) is 15.0 Å². The second-order valence-corrected chi connectivity index (χ2v) is 10.9. The Morgan fingerprint density at radius 2 is 1.91 bits per heavy atom. The van der Waals surface area contributed by atoms with Crippen LogP contribution in [0.3, 0.4) is 0 Å². The highest BCUT2D eigenvalue weighted by Crippen LogP contribution is 2.35. The average Bonchev–Trinajstić information content (AvgIpc) is 3.56. The van der Waals surface area contributed by atoms with Gasteiger partial charge in [-0.15, -0.1) is 0 Å². The molecule has 1 aliphatic heterocycles. The predicted octanol–water partition coefficient (Wildman–Crippen LogP) is 6.18. The van der Waals surface area contributed by atoms with Crippen LogP contribution in [-0.4, -0.2) is 48.7 Å². The lowest BCUT2D eigenvalue weighted by molar-refractivity contribution is 0.172. The van der Waals surface area contributed by atoms with Crippen LogP contribution in [0.2, 0.25) is 5.02 Å². The summed E-state index contributed by atoms with van der Waals surface area (Å²) in [6, 6.07) is 12.5. The van der Waals surface area contributed by atoms with E-state index in [1.165, 1.54) is 31.2 Å². The summed E-state index contributed by atoms with van der Waals surface area (Å²) in [6.45, 7) is 4.87. The molecule has 5 nitrogen and oxygen atoms in total. The number of piperidine rings is 1. The molecule has 0 atom stereocenters. The van der Waals surface area contributed by atoms with Crippen LogP contribution in [0.25, 0.3) is 11.0 Å². The molecule has 5 rings (SSSR count). The highest BCUT2D eigenvalue weighted by molar-refractivity contribution is 6.30. The van der Waals surface area contributed by atoms with Crippen LogP contribution < -0.4 is 4.74 Å². The highest BCUT2D eigenvalue weighted by Gasteiger charge is 2.24. The van der Waals surface area contributed by atoms with Crippen molar-refractivity contribution in [3.05, 3.63) is 58.2 Å². The second-order valence-electron chi connectivity index (χ2n) is 10.4. The van der Waals surface area contributed by atoms with Crippen LogP contribution in [0.5, 0.6) is 5.75 Å². The molecule has 1 aliphatic carbocycles. The van der Waals surface area contributed by atoms with Crippen molar-refractivity contribution >= 4 is 22.6 Å². The molecule has 2 fully saturated rings. The first-order valence-corrected chi connectivity index (χ1v) is 13.1. The fourth-order valence-electron chi connectivity index (χ4n) is 5.03. The topological polar surface area (TPSA) is 41.7 Å². The zero-order chi connectivity index (χ0) is 23.5. The van der Waals surface area contributed by atoms with Crippen LogP contribution in [0.1, 0.15) is 48.9 Å². The molecule has 1 saturated carbocycles. The summed E-state index contributed by atoms with van der Waals surface area (Å²) in [5.74, 6) is 2.41. The Hall–Kier alpha value is -2.08. The van der Waals surface area contributed by atoms with Crippen molar-refractivity contribution in [1.29, 1.82) is 0 Å². The van der Waals surface area contributed by atoms with Crippen molar-refractivity contribution in [2.45, 2.75) is 51.6 Å². The molecule has 0 N–H and O–H groups in total. The fraction of sp³-hybridized carbons (Fsp3) is 0.536. The first-order valence-electron chi connectivity index (χ1n) is 12.7. The third-order valence-electron chi connectivity index (χ3n) is 7.21. The fourth-order valence-corrected chi connectivity index (χ4v) is 5.25. The van der Waals surface area contributed by atoms with Gasteiger partial charge in [0.2, 0.25) is 0 Å². The monoisotopic (exact) mass is 481 g/mol. The minimum atomic E-state index is 0.727. The number of likely N-dealkylation sites (tertiary alicyclic amines) is 1. The van der Waals surface area contributed by atoms with Gasteiger partial charge >= 0.3 is 0 Å². The molecular formula is C28H36ClN3O2. The van der Waals surface area contributed by atoms with Crippen molar-refractivity contribution in [3.8, 4) is 5.75 Å². The van der Waals surface area contributed by atoms with E-state index in [4.69, 9.17) is 20.9 Å². The third kappa shape index (κ3) is 5.94. The summed E-state index contributed by atoms with van der Waals surface area (Å²) >= 11 is 6.15. The van der Waals surface area contributed by atoms with Gasteiger partial charge in [-0.3, -0.25) is 4.90 Å². The van der Waals surface area contributed by atoms with Crippen molar-refractivity contribution in [2.75, 3.05) is 33.8 Å². The van der Waals surface area contributed by atoms with Gasteiger partial charge in [0.05, 0.1) is 17.9 Å². The normalized spacial score (nSPS) is 17.6. The Kier molecular flexibility index (Phi) is 7.43. The molecule has 0 amide bonds. The lowest BCUT2D eigenvalue weighted by Crippen LogP contribution is -2.33. The quantitative estimate of drug-likeness (QED) is 0.346. The number of halogens is 1. The lowest BCUT2D eigenvalue weighted by atomic mass is 9.91. The number of hydrogen-bond acceptors (Lipinski definition) is 5. The van der Waals surface area contributed by atoms with Crippen LogP contribution in [-0.2, 0) is 19.5 Å². The van der Waals surface area contributed by atoms with Gasteiger partial charge in [0, 0.05) is 23.5 Å². The maximum absolute atomic E-state index is 6.17. The molecule has 0 unspecified atom stereocenters. The molecule has 2 aromatic carbocycles. The van der Waals surface area contributed by atoms with E-state index in [1.54, 1.807) is 0 Å². The number of rotatable bonds is 10. The lowest BCUT2D eigenvalue weighted by Gasteiger charge is -2.32. The van der Waals surface area contributed by atoms with Gasteiger partial charge in [-0.2, -0.15) is 0 Å². The molecular weight excluding hydrogens is 446 g/mol. The van der Waals surface area contributed by atoms with E-state index in [-0.39, 0.29) is 0 Å². The maximum Gasteiger partial charge on any atom is 0.175 e. The van der Waals surface area contributed by atoms with Crippen molar-refractivity contribution < 1.29 is 9.26 Å². The molecule has 182 valence electrons. The standard InChI is InChI=1S/C28H36ClN3O2/c1-31(2)18-25-27(33-19-21-6-7-21)11-9-24-26(30-34-28(24)25)10-8-20-12-14-32(15-13-20)17-22-4-3-5-23(29)16-22/h3-5,9,11,16,20-21H,6-8,10,12-15,17-19H2,1-2H3. The number of benzene rings is 2. The van der Waals surface area contributed by atoms with Gasteiger partial charge in [-0.25, -0.2) is 0 Å². The molecule has 6 heteroatoms. The van der Waals surface area contributed by atoms with E-state index >= 15 is 0 Å². The molecule has 2 aliphatic rings. The summed E-state index contributed by atoms with van der Waals surface area (Å²) < 4.78 is 12.1. The Morgan fingerprint density at radius 1 is 1.09 bits per heavy atom. The van der Waals surface area contributed by atoms with E-state index in [0.29, 0.717) is 0 Å². The molecule has 2 heterocycles. The smallest absolute Gasteiger partial charge is 0.175 e. The largest absolute Gasteiger partial charge is 0.493 e. The van der Waals surface area contributed by atoms with Crippen LogP contribution in [0.4, 0.5) is 0 Å². The number of hydrogen-bond donors (Lipinski definition) is 0. The summed E-state index contributed by atoms with van der Waals surface area (Å²) in [5.41, 5.74) is 4.41. The van der Waals surface area contributed by atoms with Gasteiger partial charge in [0.15, 0.2) is 5.58 Å². The predicted molar refractivity (Wildman–Crippen MR) is 137 cm³/mol. The first kappa shape index (κ1) is 23.7. The average molecular weight is 482 g/mol. The summed E-state index contributed by atoms with van der Waals surface area (Å²) in [4.78, 5) is 4.71. The first-order chi connectivity index (χ1) is 16.5. The molecule has 3 aromatic rings. The molecule has 0 radical (unpaired) electrons. The Labute approximate surface area is 208 Å². The minimum Gasteiger partial charge on any atom is -0.493 e. The Bertz CT molecular complexity index is 1100. The molecule has 1 aromatic heterocycles. The van der Waals surface area contributed by atoms with Gasteiger partial charge in [-0.1, -0.05) is 28.9 Å². The van der Waals surface area contributed by atoms with Gasteiger partial charge < -0.3 is 14.2 Å². The van der Waals surface area contributed by atoms with E-state index in [0.717, 1.165) is 90.5 Å². The van der Waals surface area contributed by atoms with E-state index in [1.807, 2.05) is 12.1 Å². The highest BCUT2D eigenvalue weighted by atomic mass is 35.5. The number of ether oxygens (including phenoxy) is 1. The number of aryl methyl sites for hydroxylation is 1. The van der Waals surface area contributed by atoms with Crippen LogP contribution in [0, 0.1) is 11.8 Å². The summed E-state index contributed by atoms with van der Waals surface area (Å²) in [7, 11) is 4.17. The SMILES string of the molecule is CN(C)Cc1c(OCC2CC2)ccc2c(CCC3CCN(Cc4cccc(Cl)c4)CC3)noc12. The van der Waals surface area contributed by atoms with Crippen molar-refractivity contribution in [2.24, 2.45) is 11.8 Å². The number of fused-ring (bicyclic) bond motifs is 1. The summed E-state index contributed by atoms with van der Waals surface area (Å²) in [6.07, 6.45) is 7.18. The van der Waals surface area contributed by atoms with Crippen molar-refractivity contribution in [3.63, 3.8) is 0 Å². The summed E-state index contributed by atoms with van der Waals surface area (Å²) in [5, 5.41) is 6.47. The van der Waals surface area contributed by atoms with E-state index in [9.17, 15) is 0 Å². The van der Waals surface area contributed by atoms with Gasteiger partial charge in [-0.05, 0) is 107 Å². The zero-order valence-corrected chi connectivity index (χ0v) is 21.2. The molecule has 0 spiro atoms. The number of nitrogens with zero attached hydrogens (tertiary/aromatic N) is 3. The number of aromatic nitrogens is 1. The van der Waals surface area contributed by atoms with Gasteiger partial charge in [0.1, 0.15) is 5.75 Å².